The maximum Gasteiger partial charge on any atom is 0.348 e. The molecular formula is C23H30ClNO3. The van der Waals surface area contributed by atoms with E-state index in [0.717, 1.165) is 30.5 Å². The van der Waals surface area contributed by atoms with Gasteiger partial charge in [0, 0.05) is 20.0 Å². The second kappa shape index (κ2) is 10.6. The smallest absolute Gasteiger partial charge is 0.348 e. The van der Waals surface area contributed by atoms with Gasteiger partial charge in [-0.2, -0.15) is 0 Å². The average molecular weight is 404 g/mol. The van der Waals surface area contributed by atoms with Crippen molar-refractivity contribution in [1.82, 2.24) is 0 Å². The summed E-state index contributed by atoms with van der Waals surface area (Å²) < 4.78 is 11.8. The number of ether oxygens (including phenoxy) is 2. The second-order valence-corrected chi connectivity index (χ2v) is 7.21. The predicted molar refractivity (Wildman–Crippen MR) is 106 cm³/mol. The van der Waals surface area contributed by atoms with Crippen LogP contribution in [0.3, 0.4) is 0 Å². The third-order valence-electron chi connectivity index (χ3n) is 5.57. The third kappa shape index (κ3) is 4.57. The van der Waals surface area contributed by atoms with E-state index >= 15 is 0 Å². The van der Waals surface area contributed by atoms with Gasteiger partial charge >= 0.3 is 5.97 Å². The molecule has 152 valence electrons. The van der Waals surface area contributed by atoms with Crippen molar-refractivity contribution in [1.29, 1.82) is 0 Å². The number of nitrogens with one attached hydrogen (secondary N) is 1. The summed E-state index contributed by atoms with van der Waals surface area (Å²) in [6.45, 7) is 4.95. The SMILES string of the molecule is CCC[NH+]1CCCC1COC(=O)C(OC)(c1ccccc1)c1ccccc1.[Cl-]. The van der Waals surface area contributed by atoms with Crippen molar-refractivity contribution < 1.29 is 31.6 Å². The van der Waals surface area contributed by atoms with Crippen LogP contribution in [0.25, 0.3) is 0 Å². The van der Waals surface area contributed by atoms with Gasteiger partial charge in [0.15, 0.2) is 0 Å². The fourth-order valence-electron chi connectivity index (χ4n) is 4.18. The molecule has 2 aromatic carbocycles. The zero-order chi connectivity index (χ0) is 19.1. The number of likely N-dealkylation sites (tertiary alicyclic amines) is 1. The maximum absolute atomic E-state index is 13.4. The molecule has 5 heteroatoms. The first-order valence-electron chi connectivity index (χ1n) is 9.90. The highest BCUT2D eigenvalue weighted by Gasteiger charge is 2.45. The summed E-state index contributed by atoms with van der Waals surface area (Å²) in [7, 11) is 1.57. The lowest BCUT2D eigenvalue weighted by molar-refractivity contribution is -0.912. The molecule has 2 atom stereocenters. The lowest BCUT2D eigenvalue weighted by Crippen LogP contribution is -3.14. The molecule has 1 N–H and O–H groups in total. The summed E-state index contributed by atoms with van der Waals surface area (Å²) in [5.41, 5.74) is 0.326. The van der Waals surface area contributed by atoms with Gasteiger partial charge in [0.2, 0.25) is 5.60 Å². The van der Waals surface area contributed by atoms with Gasteiger partial charge in [-0.15, -0.1) is 0 Å². The Morgan fingerprint density at radius 1 is 1.07 bits per heavy atom. The molecule has 1 heterocycles. The largest absolute Gasteiger partial charge is 1.00 e. The van der Waals surface area contributed by atoms with E-state index in [1.54, 1.807) is 12.0 Å². The number of benzene rings is 2. The standard InChI is InChI=1S/C23H29NO3.ClH/c1-3-16-24-17-10-15-21(24)18-27-22(25)23(26-2,19-11-6-4-7-12-19)20-13-8-5-9-14-20;/h4-9,11-14,21H,3,10,15-18H2,1-2H3;1H. The number of carbonyl (C=O) groups excluding carboxylic acids is 1. The molecule has 0 bridgehead atoms. The molecule has 0 saturated carbocycles. The fourth-order valence-corrected chi connectivity index (χ4v) is 4.18. The highest BCUT2D eigenvalue weighted by Crippen LogP contribution is 2.34. The molecule has 28 heavy (non-hydrogen) atoms. The Morgan fingerprint density at radius 2 is 1.64 bits per heavy atom. The van der Waals surface area contributed by atoms with Crippen molar-refractivity contribution >= 4 is 5.97 Å². The number of hydrogen-bond acceptors (Lipinski definition) is 3. The summed E-state index contributed by atoms with van der Waals surface area (Å²) in [5, 5.41) is 0. The van der Waals surface area contributed by atoms with E-state index in [1.165, 1.54) is 13.0 Å². The summed E-state index contributed by atoms with van der Waals surface area (Å²) in [4.78, 5) is 14.9. The molecule has 3 rings (SSSR count). The van der Waals surface area contributed by atoms with Gasteiger partial charge in [-0.3, -0.25) is 0 Å². The monoisotopic (exact) mass is 403 g/mol. The molecule has 2 aromatic rings. The molecular weight excluding hydrogens is 374 g/mol. The summed E-state index contributed by atoms with van der Waals surface area (Å²) >= 11 is 0. The van der Waals surface area contributed by atoms with Crippen LogP contribution in [0.5, 0.6) is 0 Å². The number of hydrogen-bond donors (Lipinski definition) is 1. The van der Waals surface area contributed by atoms with Crippen LogP contribution in [0, 0.1) is 0 Å². The van der Waals surface area contributed by atoms with Crippen molar-refractivity contribution in [2.45, 2.75) is 37.8 Å². The Labute approximate surface area is 174 Å². The van der Waals surface area contributed by atoms with Crippen LogP contribution < -0.4 is 17.3 Å². The molecule has 1 fully saturated rings. The number of rotatable bonds is 8. The van der Waals surface area contributed by atoms with Crippen LogP contribution in [0.1, 0.15) is 37.3 Å². The van der Waals surface area contributed by atoms with E-state index in [4.69, 9.17) is 9.47 Å². The number of carbonyl (C=O) groups is 1. The maximum atomic E-state index is 13.4. The Hall–Kier alpha value is -1.88. The van der Waals surface area contributed by atoms with Crippen molar-refractivity contribution in [3.8, 4) is 0 Å². The van der Waals surface area contributed by atoms with Crippen LogP contribution in [0.15, 0.2) is 60.7 Å². The fraction of sp³-hybridized carbons (Fsp3) is 0.435. The van der Waals surface area contributed by atoms with Gasteiger partial charge in [-0.05, 0) is 17.5 Å². The van der Waals surface area contributed by atoms with Gasteiger partial charge in [-0.1, -0.05) is 67.6 Å². The highest BCUT2D eigenvalue weighted by atomic mass is 35.5. The Morgan fingerprint density at radius 3 is 2.14 bits per heavy atom. The minimum Gasteiger partial charge on any atom is -1.00 e. The Kier molecular flexibility index (Phi) is 8.49. The average Bonchev–Trinajstić information content (AvgIpc) is 3.16. The molecule has 0 aromatic heterocycles. The molecule has 1 aliphatic heterocycles. The van der Waals surface area contributed by atoms with Gasteiger partial charge in [0.05, 0.1) is 13.1 Å². The van der Waals surface area contributed by atoms with Crippen LogP contribution in [0.4, 0.5) is 0 Å². The lowest BCUT2D eigenvalue weighted by Gasteiger charge is -2.32. The normalized spacial score (nSPS) is 19.1. The van der Waals surface area contributed by atoms with Gasteiger partial charge in [0.25, 0.3) is 0 Å². The van der Waals surface area contributed by atoms with E-state index in [1.807, 2.05) is 60.7 Å². The molecule has 4 nitrogen and oxygen atoms in total. The van der Waals surface area contributed by atoms with Gasteiger partial charge < -0.3 is 26.8 Å². The van der Waals surface area contributed by atoms with Gasteiger partial charge in [0.1, 0.15) is 12.6 Å². The molecule has 2 unspecified atom stereocenters. The summed E-state index contributed by atoms with van der Waals surface area (Å²) in [5.74, 6) is -0.342. The first-order valence-corrected chi connectivity index (χ1v) is 9.90. The first-order chi connectivity index (χ1) is 13.2. The van der Waals surface area contributed by atoms with E-state index in [-0.39, 0.29) is 18.4 Å². The first kappa shape index (κ1) is 22.4. The Balaban J connectivity index is 0.00000280. The van der Waals surface area contributed by atoms with E-state index in [0.29, 0.717) is 12.6 Å². The number of halogens is 1. The second-order valence-electron chi connectivity index (χ2n) is 7.21. The van der Waals surface area contributed by atoms with E-state index in [9.17, 15) is 4.79 Å². The molecule has 1 saturated heterocycles. The molecule has 0 spiro atoms. The number of esters is 1. The van der Waals surface area contributed by atoms with Crippen molar-refractivity contribution in [2.75, 3.05) is 26.8 Å². The van der Waals surface area contributed by atoms with Crippen LogP contribution >= 0.6 is 0 Å². The quantitative estimate of drug-likeness (QED) is 0.609. The van der Waals surface area contributed by atoms with Crippen LogP contribution in [-0.4, -0.2) is 38.8 Å². The molecule has 1 aliphatic rings. The molecule has 0 amide bonds. The lowest BCUT2D eigenvalue weighted by atomic mass is 9.86. The molecule has 0 aliphatic carbocycles. The van der Waals surface area contributed by atoms with Crippen LogP contribution in [-0.2, 0) is 19.9 Å². The summed E-state index contributed by atoms with van der Waals surface area (Å²) in [6.07, 6.45) is 3.46. The zero-order valence-electron chi connectivity index (χ0n) is 16.7. The van der Waals surface area contributed by atoms with Crippen molar-refractivity contribution in [3.05, 3.63) is 71.8 Å². The van der Waals surface area contributed by atoms with E-state index < -0.39 is 5.60 Å². The topological polar surface area (TPSA) is 40.0 Å². The highest BCUT2D eigenvalue weighted by molar-refractivity contribution is 5.85. The van der Waals surface area contributed by atoms with E-state index in [2.05, 4.69) is 6.92 Å². The minimum atomic E-state index is -1.24. The van der Waals surface area contributed by atoms with Crippen LogP contribution in [0.2, 0.25) is 0 Å². The van der Waals surface area contributed by atoms with Crippen molar-refractivity contribution in [2.24, 2.45) is 0 Å². The number of quaternary nitrogens is 1. The van der Waals surface area contributed by atoms with Gasteiger partial charge in [-0.25, -0.2) is 4.79 Å². The minimum absolute atomic E-state index is 0. The predicted octanol–water partition coefficient (Wildman–Crippen LogP) is -0.419. The zero-order valence-corrected chi connectivity index (χ0v) is 17.5. The summed E-state index contributed by atoms with van der Waals surface area (Å²) in [6, 6.07) is 19.6. The number of methoxy groups -OCH3 is 1. The third-order valence-corrected chi connectivity index (χ3v) is 5.57. The Bertz CT molecular complexity index is 684. The molecule has 0 radical (unpaired) electrons. The van der Waals surface area contributed by atoms with Crippen molar-refractivity contribution in [3.63, 3.8) is 0 Å².